The molecule has 0 saturated heterocycles. The monoisotopic (exact) mass is 620 g/mol. The molecule has 1 heterocycles. The van der Waals surface area contributed by atoms with E-state index in [-0.39, 0.29) is 13.0 Å². The Labute approximate surface area is 280 Å². The molecule has 1 atom stereocenters. The fourth-order valence-corrected chi connectivity index (χ4v) is 8.48. The second-order valence-electron chi connectivity index (χ2n) is 13.7. The van der Waals surface area contributed by atoms with E-state index < -0.39 is 5.41 Å². The summed E-state index contributed by atoms with van der Waals surface area (Å²) in [5.74, 6) is -0.148. The van der Waals surface area contributed by atoms with Crippen molar-refractivity contribution in [2.24, 2.45) is 0 Å². The zero-order valence-electron chi connectivity index (χ0n) is 28.5. The van der Waals surface area contributed by atoms with E-state index in [2.05, 4.69) is 111 Å². The summed E-state index contributed by atoms with van der Waals surface area (Å²) in [4.78, 5) is 16.4. The molecule has 0 amide bonds. The van der Waals surface area contributed by atoms with Crippen molar-refractivity contribution in [1.29, 1.82) is 0 Å². The lowest BCUT2D eigenvalue weighted by Crippen LogP contribution is -2.58. The number of unbranched alkanes of at least 4 members (excludes halogenated alkanes) is 2. The molecule has 0 saturated carbocycles. The molecule has 0 bridgehead atoms. The quantitative estimate of drug-likeness (QED) is 0.102. The van der Waals surface area contributed by atoms with Gasteiger partial charge in [0.15, 0.2) is 0 Å². The van der Waals surface area contributed by atoms with Crippen molar-refractivity contribution in [2.75, 3.05) is 17.1 Å². The number of esters is 1. The van der Waals surface area contributed by atoms with Crippen LogP contribution in [-0.4, -0.2) is 20.1 Å². The van der Waals surface area contributed by atoms with Gasteiger partial charge in [-0.05, 0) is 114 Å². The molecule has 238 valence electrons. The van der Waals surface area contributed by atoms with Crippen LogP contribution >= 0.6 is 0 Å². The van der Waals surface area contributed by atoms with Crippen molar-refractivity contribution in [1.82, 2.24) is 0 Å². The second kappa shape index (κ2) is 12.6. The van der Waals surface area contributed by atoms with Crippen molar-refractivity contribution >= 4 is 40.6 Å². The van der Waals surface area contributed by atoms with Gasteiger partial charge in [-0.2, -0.15) is 0 Å². The fourth-order valence-electron chi connectivity index (χ4n) is 8.48. The van der Waals surface area contributed by atoms with Gasteiger partial charge in [0, 0.05) is 23.3 Å². The van der Waals surface area contributed by atoms with Gasteiger partial charge in [0.25, 0.3) is 0 Å². The lowest BCUT2D eigenvalue weighted by molar-refractivity contribution is -0.147. The van der Waals surface area contributed by atoms with E-state index in [0.717, 1.165) is 24.9 Å². The summed E-state index contributed by atoms with van der Waals surface area (Å²) in [5, 5.41) is 6.62. The van der Waals surface area contributed by atoms with E-state index in [1.165, 1.54) is 86.5 Å². The molecule has 5 aromatic rings. The molecule has 5 aromatic carbocycles. The zero-order chi connectivity index (χ0) is 32.7. The van der Waals surface area contributed by atoms with Crippen LogP contribution in [0.25, 0.3) is 10.8 Å². The van der Waals surface area contributed by atoms with E-state index in [1.807, 2.05) is 18.2 Å². The summed E-state index contributed by atoms with van der Waals surface area (Å²) in [6, 6.07) is 32.4. The Kier molecular flexibility index (Phi) is 8.34. The molecule has 0 spiro atoms. The smallest absolute Gasteiger partial charge is 0.409 e. The predicted molar refractivity (Wildman–Crippen MR) is 197 cm³/mol. The molecule has 0 fully saturated rings. The van der Waals surface area contributed by atoms with Crippen molar-refractivity contribution in [3.8, 4) is 0 Å². The van der Waals surface area contributed by atoms with Crippen LogP contribution in [-0.2, 0) is 40.8 Å². The number of aryl methyl sites for hydroxylation is 1. The number of methoxy groups -OCH3 is 1. The summed E-state index contributed by atoms with van der Waals surface area (Å²) >= 11 is 0. The molecule has 0 aromatic heterocycles. The molecule has 5 heteroatoms. The lowest BCUT2D eigenvalue weighted by Gasteiger charge is -2.40. The number of ether oxygens (including phenoxy) is 1. The molecule has 47 heavy (non-hydrogen) atoms. The van der Waals surface area contributed by atoms with Crippen LogP contribution in [0, 0.1) is 20.8 Å². The summed E-state index contributed by atoms with van der Waals surface area (Å²) in [5.41, 5.74) is 13.4. The Hall–Kier alpha value is -4.51. The molecule has 1 aliphatic carbocycles. The maximum Gasteiger partial charge on any atom is 0.409 e. The van der Waals surface area contributed by atoms with Crippen LogP contribution in [0.5, 0.6) is 0 Å². The highest BCUT2D eigenvalue weighted by Gasteiger charge is 2.49. The number of fused-ring (bicyclic) bond motifs is 1. The first-order valence-corrected chi connectivity index (χ1v) is 17.2. The number of nitrogens with zero attached hydrogens (tertiary/aromatic N) is 1. The van der Waals surface area contributed by atoms with Crippen molar-refractivity contribution in [3.05, 3.63) is 136 Å². The highest BCUT2D eigenvalue weighted by Crippen LogP contribution is 2.45. The van der Waals surface area contributed by atoms with Gasteiger partial charge in [0.1, 0.15) is 5.41 Å². The Morgan fingerprint density at radius 2 is 1.57 bits per heavy atom. The molecule has 1 unspecified atom stereocenters. The maximum atomic E-state index is 13.8. The number of anilines is 2. The van der Waals surface area contributed by atoms with Gasteiger partial charge in [-0.3, -0.25) is 4.79 Å². The average molecular weight is 621 g/mol. The summed E-state index contributed by atoms with van der Waals surface area (Å²) in [6.45, 7) is 9.81. The first kappa shape index (κ1) is 31.1. The molecule has 2 aliphatic rings. The Bertz CT molecular complexity index is 1960. The second-order valence-corrected chi connectivity index (χ2v) is 13.7. The number of carbonyl (C=O) groups excluding carboxylic acids is 1. The van der Waals surface area contributed by atoms with Gasteiger partial charge in [-0.25, -0.2) is 0 Å². The first-order valence-electron chi connectivity index (χ1n) is 17.2. The van der Waals surface area contributed by atoms with Gasteiger partial charge >= 0.3 is 13.0 Å². The van der Waals surface area contributed by atoms with Crippen LogP contribution in [0.3, 0.4) is 0 Å². The summed E-state index contributed by atoms with van der Waals surface area (Å²) in [7, 11) is 1.53. The normalized spacial score (nSPS) is 16.7. The third kappa shape index (κ3) is 5.30. The van der Waals surface area contributed by atoms with Crippen LogP contribution in [0.1, 0.15) is 70.7 Å². The van der Waals surface area contributed by atoms with E-state index in [1.54, 1.807) is 0 Å². The van der Waals surface area contributed by atoms with E-state index in [9.17, 15) is 4.79 Å². The standard InChI is InChI=1S/C42H45BN2O2/c1-6-7-10-21-34-29(3)35-25-42(41(46)47-5,33-19-13-9-14-20-33)26-36(35)30(4)40(34)43-44-37-22-15-18-32-23-28(2)24-38(39(32)37)45(43)27-31-16-11-8-12-17-31/h8-9,11-20,22-24,44H,6-7,10,21,25-27H2,1-5H3. The number of carbonyl (C=O) groups is 1. The SMILES string of the molecule is CCCCCc1c(C)c2c(c(C)c1B1Nc3cccc4cc(C)cc(c34)N1Cc1ccccc1)CC(C(=O)OC)(c1ccccc1)C2. The number of hydrogen-bond donors (Lipinski definition) is 1. The molecule has 0 radical (unpaired) electrons. The fraction of sp³-hybridized carbons (Fsp3) is 0.310. The van der Waals surface area contributed by atoms with Crippen LogP contribution in [0.15, 0.2) is 91.0 Å². The van der Waals surface area contributed by atoms with Gasteiger partial charge in [-0.1, -0.05) is 98.6 Å². The zero-order valence-corrected chi connectivity index (χ0v) is 28.5. The minimum atomic E-state index is -0.730. The van der Waals surface area contributed by atoms with E-state index in [0.29, 0.717) is 12.8 Å². The predicted octanol–water partition coefficient (Wildman–Crippen LogP) is 8.53. The van der Waals surface area contributed by atoms with E-state index >= 15 is 0 Å². The minimum Gasteiger partial charge on any atom is -0.468 e. The molecule has 7 rings (SSSR count). The molecular weight excluding hydrogens is 575 g/mol. The van der Waals surface area contributed by atoms with Crippen molar-refractivity contribution in [2.45, 2.75) is 78.2 Å². The number of hydrogen-bond acceptors (Lipinski definition) is 4. The minimum absolute atomic E-state index is 0.0689. The van der Waals surface area contributed by atoms with Crippen LogP contribution in [0.2, 0.25) is 0 Å². The van der Waals surface area contributed by atoms with Crippen molar-refractivity contribution < 1.29 is 9.53 Å². The Balaban J connectivity index is 1.45. The molecule has 1 N–H and O–H groups in total. The van der Waals surface area contributed by atoms with Crippen LogP contribution < -0.4 is 15.5 Å². The number of nitrogens with one attached hydrogen (secondary N) is 1. The first-order chi connectivity index (χ1) is 22.9. The van der Waals surface area contributed by atoms with Crippen LogP contribution in [0.4, 0.5) is 11.4 Å². The third-order valence-corrected chi connectivity index (χ3v) is 10.8. The summed E-state index contributed by atoms with van der Waals surface area (Å²) in [6.07, 6.45) is 5.83. The van der Waals surface area contributed by atoms with E-state index in [4.69, 9.17) is 4.74 Å². The van der Waals surface area contributed by atoms with Gasteiger partial charge in [0.2, 0.25) is 0 Å². The van der Waals surface area contributed by atoms with Gasteiger partial charge in [0.05, 0.1) is 7.11 Å². The largest absolute Gasteiger partial charge is 0.468 e. The topological polar surface area (TPSA) is 41.6 Å². The molecule has 1 aliphatic heterocycles. The third-order valence-electron chi connectivity index (χ3n) is 10.8. The summed E-state index contributed by atoms with van der Waals surface area (Å²) < 4.78 is 5.57. The van der Waals surface area contributed by atoms with Gasteiger partial charge < -0.3 is 14.8 Å². The number of rotatable bonds is 9. The molecular formula is C42H45BN2O2. The maximum absolute atomic E-state index is 13.8. The van der Waals surface area contributed by atoms with Crippen molar-refractivity contribution in [3.63, 3.8) is 0 Å². The highest BCUT2D eigenvalue weighted by molar-refractivity contribution is 6.81. The highest BCUT2D eigenvalue weighted by atomic mass is 16.5. The lowest BCUT2D eigenvalue weighted by atomic mass is 9.58. The average Bonchev–Trinajstić information content (AvgIpc) is 3.52. The Morgan fingerprint density at radius 1 is 0.872 bits per heavy atom. The Morgan fingerprint density at radius 3 is 2.28 bits per heavy atom. The number of benzene rings is 5. The van der Waals surface area contributed by atoms with Gasteiger partial charge in [-0.15, -0.1) is 0 Å². The molecule has 4 nitrogen and oxygen atoms in total.